The number of benzene rings is 2. The van der Waals surface area contributed by atoms with E-state index in [1.165, 1.54) is 13.2 Å². The maximum Gasteiger partial charge on any atom is 0.324 e. The number of ketones is 1. The Hall–Kier alpha value is -3.01. The van der Waals surface area contributed by atoms with E-state index in [9.17, 15) is 14.4 Å². The van der Waals surface area contributed by atoms with Gasteiger partial charge in [0.2, 0.25) is 0 Å². The maximum atomic E-state index is 13.2. The molecule has 0 fully saturated rings. The minimum absolute atomic E-state index is 0.183. The third kappa shape index (κ3) is 2.60. The molecule has 1 unspecified atom stereocenters. The number of fused-ring (bicyclic) bond motifs is 1. The van der Waals surface area contributed by atoms with Gasteiger partial charge in [-0.1, -0.05) is 54.1 Å². The molecule has 1 aliphatic carbocycles. The summed E-state index contributed by atoms with van der Waals surface area (Å²) in [5.74, 6) is -0.981. The van der Waals surface area contributed by atoms with Crippen LogP contribution in [0.25, 0.3) is 5.57 Å². The van der Waals surface area contributed by atoms with Crippen molar-refractivity contribution >= 4 is 23.6 Å². The molecule has 0 bridgehead atoms. The number of rotatable bonds is 4. The molecular formula is C21H18O4. The molecular weight excluding hydrogens is 316 g/mol. The topological polar surface area (TPSA) is 60.4 Å². The molecule has 3 rings (SSSR count). The molecule has 2 aromatic carbocycles. The number of methoxy groups -OCH3 is 1. The van der Waals surface area contributed by atoms with E-state index in [4.69, 9.17) is 4.74 Å². The first-order valence-electron chi connectivity index (χ1n) is 7.98. The number of carbonyl (C=O) groups is 3. The van der Waals surface area contributed by atoms with Crippen LogP contribution in [0.15, 0.2) is 54.6 Å². The zero-order chi connectivity index (χ0) is 18.0. The van der Waals surface area contributed by atoms with Gasteiger partial charge in [-0.15, -0.1) is 0 Å². The van der Waals surface area contributed by atoms with Crippen LogP contribution in [-0.2, 0) is 20.7 Å². The van der Waals surface area contributed by atoms with Gasteiger partial charge in [0.15, 0.2) is 11.2 Å². The van der Waals surface area contributed by atoms with Gasteiger partial charge in [-0.3, -0.25) is 14.4 Å². The van der Waals surface area contributed by atoms with Crippen molar-refractivity contribution in [3.05, 3.63) is 76.9 Å². The van der Waals surface area contributed by atoms with Crippen LogP contribution in [0.3, 0.4) is 0 Å². The van der Waals surface area contributed by atoms with Crippen molar-refractivity contribution in [1.82, 2.24) is 0 Å². The van der Waals surface area contributed by atoms with Crippen LogP contribution in [0, 0.1) is 12.3 Å². The summed E-state index contributed by atoms with van der Waals surface area (Å²) in [6.07, 6.45) is 2.09. The fraction of sp³-hybridized carbons (Fsp3) is 0.190. The summed E-state index contributed by atoms with van der Waals surface area (Å²) in [4.78, 5) is 37.3. The van der Waals surface area contributed by atoms with Gasteiger partial charge in [-0.2, -0.15) is 0 Å². The van der Waals surface area contributed by atoms with Crippen molar-refractivity contribution < 1.29 is 19.1 Å². The molecule has 2 aromatic rings. The van der Waals surface area contributed by atoms with Gasteiger partial charge in [-0.05, 0) is 29.7 Å². The van der Waals surface area contributed by atoms with E-state index in [2.05, 4.69) is 0 Å². The van der Waals surface area contributed by atoms with Crippen LogP contribution in [0.1, 0.15) is 27.0 Å². The van der Waals surface area contributed by atoms with Crippen LogP contribution in [0.4, 0.5) is 0 Å². The summed E-state index contributed by atoms with van der Waals surface area (Å²) >= 11 is 0. The Labute approximate surface area is 146 Å². The summed E-state index contributed by atoms with van der Waals surface area (Å²) in [5.41, 5.74) is 1.81. The smallest absolute Gasteiger partial charge is 0.324 e. The molecule has 4 nitrogen and oxygen atoms in total. The summed E-state index contributed by atoms with van der Waals surface area (Å²) in [7, 11) is 1.26. The fourth-order valence-electron chi connectivity index (χ4n) is 3.44. The highest BCUT2D eigenvalue weighted by atomic mass is 16.5. The lowest BCUT2D eigenvalue weighted by molar-refractivity contribution is -0.146. The molecule has 0 spiro atoms. The van der Waals surface area contributed by atoms with Crippen molar-refractivity contribution in [1.29, 1.82) is 0 Å². The molecule has 25 heavy (non-hydrogen) atoms. The Bertz CT molecular complexity index is 877. The van der Waals surface area contributed by atoms with Crippen LogP contribution < -0.4 is 0 Å². The van der Waals surface area contributed by atoms with Gasteiger partial charge < -0.3 is 4.74 Å². The number of allylic oxidation sites excluding steroid dienone is 1. The van der Waals surface area contributed by atoms with Gasteiger partial charge in [-0.25, -0.2) is 0 Å². The summed E-state index contributed by atoms with van der Waals surface area (Å²) in [6, 6.07) is 14.5. The normalized spacial score (nSPS) is 19.4. The molecule has 0 amide bonds. The van der Waals surface area contributed by atoms with E-state index < -0.39 is 11.4 Å². The van der Waals surface area contributed by atoms with Crippen LogP contribution >= 0.6 is 0 Å². The molecule has 1 atom stereocenters. The highest BCUT2D eigenvalue weighted by Crippen LogP contribution is 2.47. The molecule has 126 valence electrons. The monoisotopic (exact) mass is 334 g/mol. The lowest BCUT2D eigenvalue weighted by atomic mass is 9.73. The molecule has 1 aliphatic rings. The average Bonchev–Trinajstić information content (AvgIpc) is 2.94. The van der Waals surface area contributed by atoms with E-state index >= 15 is 0 Å². The van der Waals surface area contributed by atoms with E-state index in [1.807, 2.05) is 43.3 Å². The Morgan fingerprint density at radius 1 is 1.12 bits per heavy atom. The third-order valence-corrected chi connectivity index (χ3v) is 4.70. The molecule has 0 saturated heterocycles. The molecule has 0 heterocycles. The molecule has 0 saturated carbocycles. The number of aryl methyl sites for hydroxylation is 1. The fourth-order valence-corrected chi connectivity index (χ4v) is 3.44. The second-order valence-electron chi connectivity index (χ2n) is 6.14. The molecule has 4 heteroatoms. The van der Waals surface area contributed by atoms with Gasteiger partial charge in [0, 0.05) is 12.0 Å². The van der Waals surface area contributed by atoms with Gasteiger partial charge >= 0.3 is 5.97 Å². The van der Waals surface area contributed by atoms with Gasteiger partial charge in [0.1, 0.15) is 6.29 Å². The predicted molar refractivity (Wildman–Crippen MR) is 94.1 cm³/mol. The Morgan fingerprint density at radius 3 is 2.40 bits per heavy atom. The Kier molecular flexibility index (Phi) is 4.36. The number of hydrogen-bond donors (Lipinski definition) is 0. The number of ether oxygens (including phenoxy) is 1. The van der Waals surface area contributed by atoms with Crippen molar-refractivity contribution in [2.75, 3.05) is 7.11 Å². The molecule has 0 radical (unpaired) electrons. The highest BCUT2D eigenvalue weighted by Gasteiger charge is 2.55. The van der Waals surface area contributed by atoms with Crippen LogP contribution in [0.2, 0.25) is 0 Å². The van der Waals surface area contributed by atoms with Crippen molar-refractivity contribution in [2.24, 2.45) is 5.41 Å². The number of Topliss-reactive ketones (excluding diaryl/α,β-unsaturated/α-hetero) is 1. The zero-order valence-corrected chi connectivity index (χ0v) is 14.1. The lowest BCUT2D eigenvalue weighted by Crippen LogP contribution is -2.39. The second kappa shape index (κ2) is 6.48. The number of hydrogen-bond acceptors (Lipinski definition) is 4. The van der Waals surface area contributed by atoms with Crippen molar-refractivity contribution in [3.8, 4) is 0 Å². The first-order chi connectivity index (χ1) is 12.0. The number of aldehydes is 1. The Morgan fingerprint density at radius 2 is 1.80 bits per heavy atom. The SMILES string of the molecule is COC(=O)C1(/C(=C/C=O)c2ccc(C)cc2)Cc2ccccc2C1=O. The van der Waals surface area contributed by atoms with E-state index in [0.29, 0.717) is 23.0 Å². The minimum atomic E-state index is -1.53. The lowest BCUT2D eigenvalue weighted by Gasteiger charge is -2.27. The molecule has 0 aliphatic heterocycles. The number of esters is 1. The summed E-state index contributed by atoms with van der Waals surface area (Å²) in [6.45, 7) is 1.94. The number of carbonyl (C=O) groups excluding carboxylic acids is 3. The molecule has 0 N–H and O–H groups in total. The van der Waals surface area contributed by atoms with Gasteiger partial charge in [0.25, 0.3) is 0 Å². The average molecular weight is 334 g/mol. The zero-order valence-electron chi connectivity index (χ0n) is 14.1. The Balaban J connectivity index is 2.24. The van der Waals surface area contributed by atoms with Crippen molar-refractivity contribution in [2.45, 2.75) is 13.3 Å². The van der Waals surface area contributed by atoms with Gasteiger partial charge in [0.05, 0.1) is 7.11 Å². The quantitative estimate of drug-likeness (QED) is 0.373. The highest BCUT2D eigenvalue weighted by molar-refractivity contribution is 6.24. The molecule has 0 aromatic heterocycles. The first-order valence-corrected chi connectivity index (χ1v) is 7.98. The summed E-state index contributed by atoms with van der Waals surface area (Å²) < 4.78 is 5.00. The van der Waals surface area contributed by atoms with Crippen LogP contribution in [-0.4, -0.2) is 25.1 Å². The van der Waals surface area contributed by atoms with E-state index in [-0.39, 0.29) is 12.2 Å². The minimum Gasteiger partial charge on any atom is -0.468 e. The largest absolute Gasteiger partial charge is 0.468 e. The second-order valence-corrected chi connectivity index (χ2v) is 6.14. The van der Waals surface area contributed by atoms with E-state index in [1.54, 1.807) is 12.1 Å². The standard InChI is InChI=1S/C21H18O4/c1-14-7-9-15(10-8-14)18(11-12-22)21(20(24)25-2)13-16-5-3-4-6-17(16)19(21)23/h3-12H,13H2,1-2H3/b18-11+. The first kappa shape index (κ1) is 16.8. The van der Waals surface area contributed by atoms with Crippen LogP contribution in [0.5, 0.6) is 0 Å². The third-order valence-electron chi connectivity index (χ3n) is 4.70. The van der Waals surface area contributed by atoms with E-state index in [0.717, 1.165) is 11.1 Å². The van der Waals surface area contributed by atoms with Crippen molar-refractivity contribution in [3.63, 3.8) is 0 Å². The predicted octanol–water partition coefficient (Wildman–Crippen LogP) is 3.18. The summed E-state index contributed by atoms with van der Waals surface area (Å²) in [5, 5.41) is 0. The maximum absolute atomic E-state index is 13.2.